The van der Waals surface area contributed by atoms with Crippen LogP contribution in [0.15, 0.2) is 34.0 Å². The molecule has 19 heavy (non-hydrogen) atoms. The van der Waals surface area contributed by atoms with E-state index in [1.54, 1.807) is 12.1 Å². The highest BCUT2D eigenvalue weighted by Gasteiger charge is 2.08. The third-order valence-electron chi connectivity index (χ3n) is 2.02. The molecule has 0 unspecified atom stereocenters. The van der Waals surface area contributed by atoms with Crippen LogP contribution in [0.25, 0.3) is 0 Å². The van der Waals surface area contributed by atoms with Crippen LogP contribution in [0.1, 0.15) is 5.56 Å². The van der Waals surface area contributed by atoms with Gasteiger partial charge in [0.2, 0.25) is 11.6 Å². The van der Waals surface area contributed by atoms with Gasteiger partial charge in [-0.2, -0.15) is 5.10 Å². The number of phenolic OH excluding ortho intramolecular Hbond substituents is 1. The van der Waals surface area contributed by atoms with Crippen molar-refractivity contribution in [2.45, 2.75) is 0 Å². The molecule has 1 heterocycles. The van der Waals surface area contributed by atoms with Crippen molar-refractivity contribution in [3.63, 3.8) is 0 Å². The van der Waals surface area contributed by atoms with Gasteiger partial charge in [0.05, 0.1) is 6.21 Å². The maximum atomic E-state index is 11.4. The Morgan fingerprint density at radius 3 is 2.74 bits per heavy atom. The molecular weight excluding hydrogens is 252 g/mol. The Labute approximate surface area is 107 Å². The molecule has 1 aromatic heterocycles. The Hall–Kier alpha value is -3.10. The summed E-state index contributed by atoms with van der Waals surface area (Å²) in [4.78, 5) is 11.4. The molecule has 0 bridgehead atoms. The smallest absolute Gasteiger partial charge is 0.340 e. The highest BCUT2D eigenvalue weighted by atomic mass is 16.6. The van der Waals surface area contributed by atoms with Gasteiger partial charge < -0.3 is 10.8 Å². The SMILES string of the molecule is Nc1nonc1NC(=O)N/N=C\c1ccc(O)cc1. The number of urea groups is 1. The minimum Gasteiger partial charge on any atom is -0.508 e. The summed E-state index contributed by atoms with van der Waals surface area (Å²) in [6.45, 7) is 0. The number of hydrogen-bond acceptors (Lipinski definition) is 7. The van der Waals surface area contributed by atoms with Gasteiger partial charge in [0, 0.05) is 0 Å². The highest BCUT2D eigenvalue weighted by molar-refractivity contribution is 5.91. The Kier molecular flexibility index (Phi) is 3.57. The van der Waals surface area contributed by atoms with E-state index in [9.17, 15) is 4.79 Å². The number of nitrogens with two attached hydrogens (primary N) is 1. The molecule has 2 amide bonds. The zero-order valence-electron chi connectivity index (χ0n) is 9.57. The summed E-state index contributed by atoms with van der Waals surface area (Å²) in [5.74, 6) is 0.131. The minimum absolute atomic E-state index is 0.0114. The standard InChI is InChI=1S/C10H10N6O3/c11-8-9(16-19-15-8)13-10(18)14-12-5-6-1-3-7(17)4-2-6/h1-5,17H,(H2,11,15)(H2,13,14,16,18)/b12-5-. The Bertz CT molecular complexity index is 592. The number of phenols is 1. The van der Waals surface area contributed by atoms with E-state index >= 15 is 0 Å². The lowest BCUT2D eigenvalue weighted by Gasteiger charge is -1.99. The summed E-state index contributed by atoms with van der Waals surface area (Å²) >= 11 is 0. The van der Waals surface area contributed by atoms with E-state index in [1.165, 1.54) is 18.3 Å². The summed E-state index contributed by atoms with van der Waals surface area (Å²) in [6, 6.07) is 5.64. The van der Waals surface area contributed by atoms with Crippen molar-refractivity contribution >= 4 is 23.9 Å². The van der Waals surface area contributed by atoms with Gasteiger partial charge in [-0.05, 0) is 40.1 Å². The monoisotopic (exact) mass is 262 g/mol. The topological polar surface area (TPSA) is 139 Å². The van der Waals surface area contributed by atoms with Crippen molar-refractivity contribution < 1.29 is 14.5 Å². The third-order valence-corrected chi connectivity index (χ3v) is 2.02. The normalized spacial score (nSPS) is 10.5. The highest BCUT2D eigenvalue weighted by Crippen LogP contribution is 2.10. The molecular formula is C10H10N6O3. The second-order valence-corrected chi connectivity index (χ2v) is 3.41. The zero-order valence-corrected chi connectivity index (χ0v) is 9.57. The number of amides is 2. The molecule has 0 aliphatic rings. The molecule has 2 aromatic rings. The van der Waals surface area contributed by atoms with Crippen LogP contribution in [0.5, 0.6) is 5.75 Å². The van der Waals surface area contributed by atoms with Gasteiger partial charge in [0.1, 0.15) is 5.75 Å². The summed E-state index contributed by atoms with van der Waals surface area (Å²) in [6.07, 6.45) is 1.41. The summed E-state index contributed by atoms with van der Waals surface area (Å²) < 4.78 is 4.30. The van der Waals surface area contributed by atoms with Gasteiger partial charge in [0.15, 0.2) is 0 Å². The summed E-state index contributed by atoms with van der Waals surface area (Å²) in [5.41, 5.74) is 8.26. The molecule has 0 atom stereocenters. The number of anilines is 2. The number of nitrogens with zero attached hydrogens (tertiary/aromatic N) is 3. The van der Waals surface area contributed by atoms with Crippen LogP contribution in [0.4, 0.5) is 16.4 Å². The van der Waals surface area contributed by atoms with Gasteiger partial charge in [0.25, 0.3) is 0 Å². The van der Waals surface area contributed by atoms with Gasteiger partial charge in [-0.1, -0.05) is 0 Å². The first-order valence-corrected chi connectivity index (χ1v) is 5.12. The fraction of sp³-hybridized carbons (Fsp3) is 0. The number of benzene rings is 1. The number of carbonyl (C=O) groups excluding carboxylic acids is 1. The van der Waals surface area contributed by atoms with Crippen molar-refractivity contribution in [1.29, 1.82) is 0 Å². The van der Waals surface area contributed by atoms with Crippen LogP contribution < -0.4 is 16.5 Å². The Balaban J connectivity index is 1.86. The number of nitrogens with one attached hydrogen (secondary N) is 2. The van der Waals surface area contributed by atoms with Gasteiger partial charge >= 0.3 is 6.03 Å². The van der Waals surface area contributed by atoms with E-state index in [1.807, 2.05) is 0 Å². The molecule has 0 aliphatic heterocycles. The second kappa shape index (κ2) is 5.49. The van der Waals surface area contributed by atoms with Crippen molar-refractivity contribution in [2.75, 3.05) is 11.1 Å². The Morgan fingerprint density at radius 2 is 2.11 bits per heavy atom. The Morgan fingerprint density at radius 1 is 1.37 bits per heavy atom. The molecule has 9 heteroatoms. The number of aromatic nitrogens is 2. The van der Waals surface area contributed by atoms with E-state index < -0.39 is 6.03 Å². The number of hydrazone groups is 1. The van der Waals surface area contributed by atoms with Crippen molar-refractivity contribution in [3.05, 3.63) is 29.8 Å². The predicted molar refractivity (Wildman–Crippen MR) is 66.6 cm³/mol. The van der Waals surface area contributed by atoms with Crippen LogP contribution in [0.2, 0.25) is 0 Å². The fourth-order valence-corrected chi connectivity index (χ4v) is 1.14. The third kappa shape index (κ3) is 3.43. The van der Waals surface area contributed by atoms with Gasteiger partial charge in [-0.15, -0.1) is 0 Å². The van der Waals surface area contributed by atoms with Crippen molar-refractivity contribution in [3.8, 4) is 5.75 Å². The molecule has 0 saturated carbocycles. The maximum absolute atomic E-state index is 11.4. The number of carbonyl (C=O) groups is 1. The van der Waals surface area contributed by atoms with Gasteiger partial charge in [-0.25, -0.2) is 14.8 Å². The van der Waals surface area contributed by atoms with Crippen LogP contribution >= 0.6 is 0 Å². The second-order valence-electron chi connectivity index (χ2n) is 3.41. The lowest BCUT2D eigenvalue weighted by Crippen LogP contribution is -2.24. The number of nitrogen functional groups attached to an aromatic ring is 1. The molecule has 0 saturated heterocycles. The fourth-order valence-electron chi connectivity index (χ4n) is 1.14. The number of rotatable bonds is 3. The number of hydrogen-bond donors (Lipinski definition) is 4. The average Bonchev–Trinajstić information content (AvgIpc) is 2.78. The van der Waals surface area contributed by atoms with Crippen molar-refractivity contribution in [2.24, 2.45) is 5.10 Å². The van der Waals surface area contributed by atoms with Crippen LogP contribution in [-0.2, 0) is 0 Å². The maximum Gasteiger partial charge on any atom is 0.340 e. The van der Waals surface area contributed by atoms with Crippen LogP contribution in [0, 0.1) is 0 Å². The molecule has 98 valence electrons. The number of aromatic hydroxyl groups is 1. The largest absolute Gasteiger partial charge is 0.508 e. The molecule has 2 rings (SSSR count). The molecule has 9 nitrogen and oxygen atoms in total. The first-order chi connectivity index (χ1) is 9.15. The molecule has 5 N–H and O–H groups in total. The van der Waals surface area contributed by atoms with Crippen molar-refractivity contribution in [1.82, 2.24) is 15.7 Å². The molecule has 0 radical (unpaired) electrons. The van der Waals surface area contributed by atoms with E-state index in [4.69, 9.17) is 10.8 Å². The van der Waals surface area contributed by atoms with E-state index in [0.29, 0.717) is 5.56 Å². The first-order valence-electron chi connectivity index (χ1n) is 5.12. The lowest BCUT2D eigenvalue weighted by molar-refractivity contribution is 0.252. The first kappa shape index (κ1) is 12.4. The quantitative estimate of drug-likeness (QED) is 0.469. The molecule has 0 spiro atoms. The van der Waals surface area contributed by atoms with E-state index in [0.717, 1.165) is 0 Å². The summed E-state index contributed by atoms with van der Waals surface area (Å²) in [7, 11) is 0. The summed E-state index contributed by atoms with van der Waals surface area (Å²) in [5, 5.41) is 21.7. The minimum atomic E-state index is -0.641. The average molecular weight is 262 g/mol. The van der Waals surface area contributed by atoms with Gasteiger partial charge in [-0.3, -0.25) is 5.32 Å². The molecule has 0 fully saturated rings. The zero-order chi connectivity index (χ0) is 13.7. The van der Waals surface area contributed by atoms with Crippen LogP contribution in [0.3, 0.4) is 0 Å². The molecule has 0 aliphatic carbocycles. The van der Waals surface area contributed by atoms with Crippen LogP contribution in [-0.4, -0.2) is 27.7 Å². The molecule has 1 aromatic carbocycles. The van der Waals surface area contributed by atoms with E-state index in [2.05, 4.69) is 30.8 Å². The van der Waals surface area contributed by atoms with E-state index in [-0.39, 0.29) is 17.4 Å². The predicted octanol–water partition coefficient (Wildman–Crippen LogP) is 0.513. The lowest BCUT2D eigenvalue weighted by atomic mass is 10.2.